The number of piperidine rings is 1. The van der Waals surface area contributed by atoms with Gasteiger partial charge >= 0.3 is 6.18 Å². The predicted molar refractivity (Wildman–Crippen MR) is 95.2 cm³/mol. The quantitative estimate of drug-likeness (QED) is 0.854. The maximum atomic E-state index is 12.6. The molecule has 2 heterocycles. The predicted octanol–water partition coefficient (Wildman–Crippen LogP) is 3.45. The average Bonchev–Trinajstić information content (AvgIpc) is 2.67. The molecule has 1 aliphatic heterocycles. The second kappa shape index (κ2) is 7.96. The van der Waals surface area contributed by atoms with Gasteiger partial charge in [0.1, 0.15) is 5.82 Å². The van der Waals surface area contributed by atoms with E-state index in [0.717, 1.165) is 17.8 Å². The second-order valence-electron chi connectivity index (χ2n) is 6.51. The number of aromatic nitrogens is 1. The van der Waals surface area contributed by atoms with Gasteiger partial charge < -0.3 is 15.3 Å². The molecule has 1 aliphatic rings. The van der Waals surface area contributed by atoms with Crippen LogP contribution in [0.15, 0.2) is 42.6 Å². The van der Waals surface area contributed by atoms with Crippen LogP contribution < -0.4 is 10.2 Å². The van der Waals surface area contributed by atoms with E-state index in [1.807, 2.05) is 4.90 Å². The lowest BCUT2D eigenvalue weighted by Crippen LogP contribution is -2.38. The molecule has 5 nitrogen and oxygen atoms in total. The fraction of sp³-hybridized carbons (Fsp3) is 0.368. The number of nitrogens with zero attached hydrogens (tertiary/aromatic N) is 2. The average molecular weight is 379 g/mol. The van der Waals surface area contributed by atoms with E-state index in [9.17, 15) is 18.0 Å². The summed E-state index contributed by atoms with van der Waals surface area (Å²) in [5.74, 6) is 0.219. The van der Waals surface area contributed by atoms with Crippen molar-refractivity contribution in [1.29, 1.82) is 0 Å². The van der Waals surface area contributed by atoms with E-state index in [2.05, 4.69) is 10.3 Å². The molecule has 0 atom stereocenters. The Morgan fingerprint density at radius 1 is 1.22 bits per heavy atom. The van der Waals surface area contributed by atoms with E-state index < -0.39 is 11.7 Å². The molecule has 27 heavy (non-hydrogen) atoms. The van der Waals surface area contributed by atoms with Crippen molar-refractivity contribution < 1.29 is 23.1 Å². The van der Waals surface area contributed by atoms with Crippen LogP contribution in [0.2, 0.25) is 0 Å². The smallest absolute Gasteiger partial charge is 0.392 e. The number of hydrogen-bond donors (Lipinski definition) is 2. The van der Waals surface area contributed by atoms with Crippen LogP contribution in [-0.2, 0) is 17.6 Å². The van der Waals surface area contributed by atoms with E-state index in [1.165, 1.54) is 6.07 Å². The number of amides is 1. The molecule has 1 saturated heterocycles. The zero-order valence-electron chi connectivity index (χ0n) is 14.5. The summed E-state index contributed by atoms with van der Waals surface area (Å²) in [6.45, 7) is 1.00. The highest BCUT2D eigenvalue weighted by molar-refractivity contribution is 5.92. The van der Waals surface area contributed by atoms with Gasteiger partial charge in [-0.3, -0.25) is 4.79 Å². The van der Waals surface area contributed by atoms with Gasteiger partial charge in [-0.1, -0.05) is 12.1 Å². The molecule has 2 N–H and O–H groups in total. The van der Waals surface area contributed by atoms with E-state index in [1.54, 1.807) is 24.3 Å². The van der Waals surface area contributed by atoms with Gasteiger partial charge in [0, 0.05) is 30.9 Å². The topological polar surface area (TPSA) is 65.5 Å². The van der Waals surface area contributed by atoms with E-state index in [0.29, 0.717) is 37.4 Å². The standard InChI is InChI=1S/C19H20F3N3O2/c20-19(21,22)15-4-5-17(23-11-15)25-8-6-14(7-9-25)18(27)24-16-3-1-2-13(10-16)12-26/h1-5,10-11,14,26H,6-9,12H2,(H,24,27). The molecule has 0 spiro atoms. The number of carbonyl (C=O) groups is 1. The Labute approximate surface area is 154 Å². The fourth-order valence-corrected chi connectivity index (χ4v) is 3.10. The second-order valence-corrected chi connectivity index (χ2v) is 6.51. The first-order chi connectivity index (χ1) is 12.9. The first kappa shape index (κ1) is 19.2. The van der Waals surface area contributed by atoms with Crippen molar-refractivity contribution in [3.63, 3.8) is 0 Å². The van der Waals surface area contributed by atoms with Crippen LogP contribution in [0, 0.1) is 5.92 Å². The first-order valence-corrected chi connectivity index (χ1v) is 8.65. The van der Waals surface area contributed by atoms with Crippen LogP contribution in [0.1, 0.15) is 24.0 Å². The molecule has 2 aromatic rings. The molecule has 0 aliphatic carbocycles. The molecule has 8 heteroatoms. The maximum Gasteiger partial charge on any atom is 0.417 e. The Bertz CT molecular complexity index is 786. The van der Waals surface area contributed by atoms with Gasteiger partial charge in [0.05, 0.1) is 12.2 Å². The van der Waals surface area contributed by atoms with Crippen LogP contribution in [0.3, 0.4) is 0 Å². The molecule has 0 radical (unpaired) electrons. The number of pyridine rings is 1. The zero-order chi connectivity index (χ0) is 19.4. The molecule has 1 aromatic heterocycles. The Morgan fingerprint density at radius 2 is 1.96 bits per heavy atom. The Hall–Kier alpha value is -2.61. The highest BCUT2D eigenvalue weighted by Gasteiger charge is 2.31. The minimum atomic E-state index is -4.40. The summed E-state index contributed by atoms with van der Waals surface area (Å²) in [5, 5.41) is 12.0. The monoisotopic (exact) mass is 379 g/mol. The molecule has 1 aromatic carbocycles. The lowest BCUT2D eigenvalue weighted by Gasteiger charge is -2.32. The van der Waals surface area contributed by atoms with Crippen molar-refractivity contribution in [2.75, 3.05) is 23.3 Å². The number of aliphatic hydroxyl groups excluding tert-OH is 1. The normalized spacial score (nSPS) is 15.6. The third-order valence-electron chi connectivity index (χ3n) is 4.64. The van der Waals surface area contributed by atoms with Crippen LogP contribution in [0.4, 0.5) is 24.7 Å². The number of nitrogens with one attached hydrogen (secondary N) is 1. The minimum Gasteiger partial charge on any atom is -0.392 e. The van der Waals surface area contributed by atoms with Crippen molar-refractivity contribution in [3.05, 3.63) is 53.7 Å². The SMILES string of the molecule is O=C(Nc1cccc(CO)c1)C1CCN(c2ccc(C(F)(F)F)cn2)CC1. The van der Waals surface area contributed by atoms with Gasteiger partial charge in [0.25, 0.3) is 0 Å². The van der Waals surface area contributed by atoms with Gasteiger partial charge in [-0.25, -0.2) is 4.98 Å². The molecule has 1 amide bonds. The van der Waals surface area contributed by atoms with Crippen LogP contribution in [-0.4, -0.2) is 29.1 Å². The Balaban J connectivity index is 1.55. The van der Waals surface area contributed by atoms with Gasteiger partial charge in [-0.2, -0.15) is 13.2 Å². The largest absolute Gasteiger partial charge is 0.417 e. The Kier molecular flexibility index (Phi) is 5.65. The summed E-state index contributed by atoms with van der Waals surface area (Å²) in [6.07, 6.45) is -2.38. The van der Waals surface area contributed by atoms with E-state index in [4.69, 9.17) is 5.11 Å². The van der Waals surface area contributed by atoms with Gasteiger partial charge in [0.15, 0.2) is 0 Å². The van der Waals surface area contributed by atoms with Gasteiger partial charge in [-0.15, -0.1) is 0 Å². The number of halogens is 3. The van der Waals surface area contributed by atoms with Crippen molar-refractivity contribution in [2.45, 2.75) is 25.6 Å². The number of aliphatic hydroxyl groups is 1. The minimum absolute atomic E-state index is 0.0925. The third kappa shape index (κ3) is 4.77. The number of anilines is 2. The van der Waals surface area contributed by atoms with Crippen molar-refractivity contribution in [1.82, 2.24) is 4.98 Å². The van der Waals surface area contributed by atoms with Crippen molar-refractivity contribution in [2.24, 2.45) is 5.92 Å². The maximum absolute atomic E-state index is 12.6. The molecular formula is C19H20F3N3O2. The number of carbonyl (C=O) groups excluding carboxylic acids is 1. The summed E-state index contributed by atoms with van der Waals surface area (Å²) < 4.78 is 37.8. The van der Waals surface area contributed by atoms with Gasteiger partial charge in [-0.05, 0) is 42.7 Å². The lowest BCUT2D eigenvalue weighted by molar-refractivity contribution is -0.137. The van der Waals surface area contributed by atoms with Gasteiger partial charge in [0.2, 0.25) is 5.91 Å². The summed E-state index contributed by atoms with van der Waals surface area (Å²) in [5.41, 5.74) is 0.583. The van der Waals surface area contributed by atoms with Crippen LogP contribution in [0.5, 0.6) is 0 Å². The van der Waals surface area contributed by atoms with Crippen molar-refractivity contribution >= 4 is 17.4 Å². The van der Waals surface area contributed by atoms with Crippen molar-refractivity contribution in [3.8, 4) is 0 Å². The van der Waals surface area contributed by atoms with Crippen LogP contribution in [0.25, 0.3) is 0 Å². The highest BCUT2D eigenvalue weighted by Crippen LogP contribution is 2.30. The Morgan fingerprint density at radius 3 is 2.56 bits per heavy atom. The molecule has 0 bridgehead atoms. The first-order valence-electron chi connectivity index (χ1n) is 8.65. The van der Waals surface area contributed by atoms with E-state index >= 15 is 0 Å². The molecule has 3 rings (SSSR count). The highest BCUT2D eigenvalue weighted by atomic mass is 19.4. The summed E-state index contributed by atoms with van der Waals surface area (Å²) >= 11 is 0. The molecule has 144 valence electrons. The molecule has 1 fully saturated rings. The molecule has 0 saturated carbocycles. The summed E-state index contributed by atoms with van der Waals surface area (Å²) in [7, 11) is 0. The lowest BCUT2D eigenvalue weighted by atomic mass is 9.95. The number of hydrogen-bond acceptors (Lipinski definition) is 4. The van der Waals surface area contributed by atoms with Crippen LogP contribution >= 0.6 is 0 Å². The zero-order valence-corrected chi connectivity index (χ0v) is 14.5. The fourth-order valence-electron chi connectivity index (χ4n) is 3.10. The van der Waals surface area contributed by atoms with E-state index in [-0.39, 0.29) is 18.4 Å². The summed E-state index contributed by atoms with van der Waals surface area (Å²) in [4.78, 5) is 18.2. The number of alkyl halides is 3. The summed E-state index contributed by atoms with van der Waals surface area (Å²) in [6, 6.07) is 9.40. The number of benzene rings is 1. The molecule has 0 unspecified atom stereocenters. The number of rotatable bonds is 4. The third-order valence-corrected chi connectivity index (χ3v) is 4.64. The molecular weight excluding hydrogens is 359 g/mol.